The topological polar surface area (TPSA) is 125 Å². The van der Waals surface area contributed by atoms with Gasteiger partial charge in [0.1, 0.15) is 11.5 Å². The molecule has 0 unspecified atom stereocenters. The molecule has 3 aromatic rings. The number of primary amides is 1. The van der Waals surface area contributed by atoms with Crippen molar-refractivity contribution in [2.24, 2.45) is 5.73 Å². The van der Waals surface area contributed by atoms with Gasteiger partial charge in [0.25, 0.3) is 5.91 Å². The SMILES string of the molecule is CN1CCN(C2CCN(c3ccc(Nc4nc(N[C@H]5CCOC5)c(-c5ccncc5)nc4C(N)=O)cc3F)CC2)CC1. The summed E-state index contributed by atoms with van der Waals surface area (Å²) in [6, 6.07) is 9.20. The number of pyridine rings is 1. The zero-order valence-corrected chi connectivity index (χ0v) is 23.9. The van der Waals surface area contributed by atoms with E-state index in [9.17, 15) is 4.79 Å². The standard InChI is InChI=1S/C30H38FN9O2/c1-38-13-15-39(16-14-38)23-6-11-40(12-7-23)25-3-2-21(18-24(25)31)34-30-27(28(32)41)36-26(20-4-9-33-10-5-20)29(37-30)35-22-8-17-42-19-22/h2-5,9-10,18,22-23H,6-8,11-17,19H2,1H3,(H2,32,41)(H2,34,35,37)/t22-/m0/s1. The molecule has 1 amide bonds. The molecule has 42 heavy (non-hydrogen) atoms. The van der Waals surface area contributed by atoms with Crippen molar-refractivity contribution in [1.82, 2.24) is 24.8 Å². The Hall–Kier alpha value is -3.87. The molecule has 3 fully saturated rings. The number of nitrogens with zero attached hydrogens (tertiary/aromatic N) is 6. The number of hydrogen-bond acceptors (Lipinski definition) is 10. The normalized spacial score (nSPS) is 20.5. The zero-order valence-electron chi connectivity index (χ0n) is 23.9. The molecule has 3 saturated heterocycles. The van der Waals surface area contributed by atoms with E-state index in [1.807, 2.05) is 0 Å². The number of piperidine rings is 1. The van der Waals surface area contributed by atoms with E-state index in [2.05, 4.69) is 42.3 Å². The Balaban J connectivity index is 1.21. The number of piperazine rings is 1. The van der Waals surface area contributed by atoms with Crippen LogP contribution in [0, 0.1) is 5.82 Å². The van der Waals surface area contributed by atoms with Crippen molar-refractivity contribution in [2.75, 3.05) is 75.1 Å². The van der Waals surface area contributed by atoms with Gasteiger partial charge in [-0.25, -0.2) is 14.4 Å². The van der Waals surface area contributed by atoms with E-state index in [0.717, 1.165) is 64.1 Å². The smallest absolute Gasteiger partial charge is 0.271 e. The summed E-state index contributed by atoms with van der Waals surface area (Å²) in [4.78, 5) is 33.0. The summed E-state index contributed by atoms with van der Waals surface area (Å²) in [5, 5.41) is 6.49. The highest BCUT2D eigenvalue weighted by atomic mass is 19.1. The molecule has 0 bridgehead atoms. The van der Waals surface area contributed by atoms with Crippen LogP contribution < -0.4 is 21.3 Å². The molecule has 5 heterocycles. The summed E-state index contributed by atoms with van der Waals surface area (Å²) >= 11 is 0. The molecule has 1 atom stereocenters. The number of aromatic nitrogens is 3. The summed E-state index contributed by atoms with van der Waals surface area (Å²) in [6.45, 7) is 7.22. The number of nitrogens with one attached hydrogen (secondary N) is 2. The Kier molecular flexibility index (Phi) is 8.45. The maximum Gasteiger partial charge on any atom is 0.271 e. The molecule has 12 heteroatoms. The van der Waals surface area contributed by atoms with Gasteiger partial charge in [0.15, 0.2) is 17.3 Å². The summed E-state index contributed by atoms with van der Waals surface area (Å²) in [5.41, 5.74) is 7.94. The fraction of sp³-hybridized carbons (Fsp3) is 0.467. The quantitative estimate of drug-likeness (QED) is 0.369. The van der Waals surface area contributed by atoms with Gasteiger partial charge in [0.05, 0.1) is 18.3 Å². The van der Waals surface area contributed by atoms with Gasteiger partial charge in [-0.3, -0.25) is 14.7 Å². The first kappa shape index (κ1) is 28.3. The van der Waals surface area contributed by atoms with E-state index < -0.39 is 5.91 Å². The van der Waals surface area contributed by atoms with Crippen LogP contribution in [0.25, 0.3) is 11.3 Å². The molecule has 222 valence electrons. The molecule has 0 saturated carbocycles. The fourth-order valence-electron chi connectivity index (χ4n) is 5.98. The number of likely N-dealkylation sites (N-methyl/N-ethyl adjacent to an activating group) is 1. The van der Waals surface area contributed by atoms with E-state index in [-0.39, 0.29) is 23.4 Å². The van der Waals surface area contributed by atoms with E-state index in [4.69, 9.17) is 15.5 Å². The van der Waals surface area contributed by atoms with Crippen LogP contribution >= 0.6 is 0 Å². The second kappa shape index (κ2) is 12.6. The monoisotopic (exact) mass is 575 g/mol. The van der Waals surface area contributed by atoms with Crippen LogP contribution in [0.4, 0.5) is 27.4 Å². The molecule has 3 aliphatic heterocycles. The third-order valence-corrected chi connectivity index (χ3v) is 8.42. The van der Waals surface area contributed by atoms with Crippen LogP contribution in [0.2, 0.25) is 0 Å². The Morgan fingerprint density at radius 3 is 2.43 bits per heavy atom. The number of ether oxygens (including phenoxy) is 1. The van der Waals surface area contributed by atoms with Crippen molar-refractivity contribution < 1.29 is 13.9 Å². The summed E-state index contributed by atoms with van der Waals surface area (Å²) < 4.78 is 21.0. The van der Waals surface area contributed by atoms with Gasteiger partial charge in [-0.05, 0) is 56.6 Å². The average Bonchev–Trinajstić information content (AvgIpc) is 3.51. The molecule has 3 aliphatic rings. The lowest BCUT2D eigenvalue weighted by molar-refractivity contribution is 0.0981. The minimum absolute atomic E-state index is 0.0366. The Labute approximate surface area is 245 Å². The lowest BCUT2D eigenvalue weighted by atomic mass is 10.0. The Bertz CT molecular complexity index is 1390. The van der Waals surface area contributed by atoms with Crippen LogP contribution in [0.5, 0.6) is 0 Å². The van der Waals surface area contributed by atoms with Crippen LogP contribution in [0.15, 0.2) is 42.7 Å². The first-order valence-corrected chi connectivity index (χ1v) is 14.7. The molecule has 11 nitrogen and oxygen atoms in total. The predicted octanol–water partition coefficient (Wildman–Crippen LogP) is 2.94. The van der Waals surface area contributed by atoms with Gasteiger partial charge in [0, 0.05) is 75.6 Å². The highest BCUT2D eigenvalue weighted by Gasteiger charge is 2.28. The number of carbonyl (C=O) groups excluding carboxylic acids is 1. The third kappa shape index (κ3) is 6.30. The number of nitrogens with two attached hydrogens (primary N) is 1. The summed E-state index contributed by atoms with van der Waals surface area (Å²) in [5.74, 6) is -0.441. The minimum Gasteiger partial charge on any atom is -0.379 e. The van der Waals surface area contributed by atoms with Gasteiger partial charge >= 0.3 is 0 Å². The lowest BCUT2D eigenvalue weighted by Gasteiger charge is -2.42. The maximum absolute atomic E-state index is 15.5. The molecule has 0 aliphatic carbocycles. The number of carbonyl (C=O) groups is 1. The molecule has 2 aromatic heterocycles. The highest BCUT2D eigenvalue weighted by molar-refractivity contribution is 5.97. The highest BCUT2D eigenvalue weighted by Crippen LogP contribution is 2.32. The first-order valence-electron chi connectivity index (χ1n) is 14.7. The predicted molar refractivity (Wildman–Crippen MR) is 161 cm³/mol. The van der Waals surface area contributed by atoms with Crippen molar-refractivity contribution in [3.8, 4) is 11.3 Å². The number of amides is 1. The molecule has 1 aromatic carbocycles. The zero-order chi connectivity index (χ0) is 29.1. The molecule has 6 rings (SSSR count). The van der Waals surface area contributed by atoms with Crippen LogP contribution in [-0.2, 0) is 4.74 Å². The first-order chi connectivity index (χ1) is 20.4. The number of rotatable bonds is 8. The largest absolute Gasteiger partial charge is 0.379 e. The van der Waals surface area contributed by atoms with E-state index in [1.165, 1.54) is 6.07 Å². The molecule has 0 radical (unpaired) electrons. The van der Waals surface area contributed by atoms with Gasteiger partial charge in [0.2, 0.25) is 0 Å². The number of benzene rings is 1. The third-order valence-electron chi connectivity index (χ3n) is 8.42. The average molecular weight is 576 g/mol. The molecule has 0 spiro atoms. The van der Waals surface area contributed by atoms with Crippen LogP contribution in [0.3, 0.4) is 0 Å². The van der Waals surface area contributed by atoms with E-state index >= 15 is 4.39 Å². The maximum atomic E-state index is 15.5. The van der Waals surface area contributed by atoms with E-state index in [0.29, 0.717) is 42.1 Å². The van der Waals surface area contributed by atoms with Crippen molar-refractivity contribution >= 4 is 28.9 Å². The van der Waals surface area contributed by atoms with Crippen LogP contribution in [-0.4, -0.2) is 102 Å². The van der Waals surface area contributed by atoms with Crippen LogP contribution in [0.1, 0.15) is 29.8 Å². The van der Waals surface area contributed by atoms with Crippen molar-refractivity contribution in [2.45, 2.75) is 31.3 Å². The Morgan fingerprint density at radius 2 is 1.76 bits per heavy atom. The van der Waals surface area contributed by atoms with Crippen molar-refractivity contribution in [1.29, 1.82) is 0 Å². The molecule has 4 N–H and O–H groups in total. The summed E-state index contributed by atoms with van der Waals surface area (Å²) in [6.07, 6.45) is 6.15. The Morgan fingerprint density at radius 1 is 1.00 bits per heavy atom. The molecular formula is C30H38FN9O2. The second-order valence-electron chi connectivity index (χ2n) is 11.3. The lowest BCUT2D eigenvalue weighted by Crippen LogP contribution is -2.52. The van der Waals surface area contributed by atoms with Gasteiger partial charge in [-0.2, -0.15) is 0 Å². The summed E-state index contributed by atoms with van der Waals surface area (Å²) in [7, 11) is 2.17. The fourth-order valence-corrected chi connectivity index (χ4v) is 5.98. The molecular weight excluding hydrogens is 537 g/mol. The minimum atomic E-state index is -0.739. The van der Waals surface area contributed by atoms with Gasteiger partial charge in [-0.15, -0.1) is 0 Å². The van der Waals surface area contributed by atoms with Crippen molar-refractivity contribution in [3.05, 3.63) is 54.2 Å². The van der Waals surface area contributed by atoms with Gasteiger partial charge < -0.3 is 30.9 Å². The van der Waals surface area contributed by atoms with Crippen molar-refractivity contribution in [3.63, 3.8) is 0 Å². The van der Waals surface area contributed by atoms with Gasteiger partial charge in [-0.1, -0.05) is 0 Å². The number of anilines is 4. The second-order valence-corrected chi connectivity index (χ2v) is 11.3. The van der Waals surface area contributed by atoms with E-state index in [1.54, 1.807) is 36.7 Å². The number of halogens is 1. The number of hydrogen-bond donors (Lipinski definition) is 3.